The maximum Gasteiger partial charge on any atom is 0.254 e. The van der Waals surface area contributed by atoms with Gasteiger partial charge in [-0.2, -0.15) is 10.1 Å². The van der Waals surface area contributed by atoms with Crippen LogP contribution in [-0.4, -0.2) is 27.6 Å². The van der Waals surface area contributed by atoms with E-state index in [2.05, 4.69) is 71.3 Å². The van der Waals surface area contributed by atoms with Crippen molar-refractivity contribution in [3.05, 3.63) is 83.6 Å². The van der Waals surface area contributed by atoms with E-state index in [1.165, 1.54) is 22.6 Å². The molecule has 4 aliphatic carbocycles. The molecule has 2 bridgehead atoms. The highest BCUT2D eigenvalue weighted by molar-refractivity contribution is 6.07. The first kappa shape index (κ1) is 19.0. The maximum absolute atomic E-state index is 13.2. The second kappa shape index (κ2) is 6.77. The zero-order valence-corrected chi connectivity index (χ0v) is 18.5. The molecule has 0 N–H and O–H groups in total. The SMILES string of the molecule is Cc1ccccc1Cn1cc(/C=N\N2C(=O)[C@@H]3[C@H]4C=C[C@@H]([C@@H]5C[C@@H]45)[C@@H]3C2=O)c2ccccc21. The summed E-state index contributed by atoms with van der Waals surface area (Å²) < 4.78 is 2.21. The van der Waals surface area contributed by atoms with Crippen molar-refractivity contribution in [3.8, 4) is 0 Å². The maximum atomic E-state index is 13.2. The zero-order valence-electron chi connectivity index (χ0n) is 18.5. The lowest BCUT2D eigenvalue weighted by Crippen LogP contribution is -2.40. The van der Waals surface area contributed by atoms with E-state index in [0.717, 1.165) is 23.0 Å². The van der Waals surface area contributed by atoms with Crippen LogP contribution in [0.1, 0.15) is 23.1 Å². The van der Waals surface area contributed by atoms with Crippen LogP contribution >= 0.6 is 0 Å². The van der Waals surface area contributed by atoms with Gasteiger partial charge in [-0.05, 0) is 54.2 Å². The quantitative estimate of drug-likeness (QED) is 0.347. The summed E-state index contributed by atoms with van der Waals surface area (Å²) in [5.41, 5.74) is 4.54. The Labute approximate surface area is 192 Å². The van der Waals surface area contributed by atoms with E-state index < -0.39 is 0 Å². The number of para-hydroxylation sites is 1. The number of hydrazone groups is 1. The zero-order chi connectivity index (χ0) is 22.3. The van der Waals surface area contributed by atoms with Crippen LogP contribution in [-0.2, 0) is 16.1 Å². The van der Waals surface area contributed by atoms with Gasteiger partial charge in [0.05, 0.1) is 18.1 Å². The molecule has 1 aliphatic heterocycles. The number of nitrogens with zero attached hydrogens (tertiary/aromatic N) is 3. The predicted molar refractivity (Wildman–Crippen MR) is 126 cm³/mol. The Bertz CT molecular complexity index is 1350. The van der Waals surface area contributed by atoms with Gasteiger partial charge < -0.3 is 4.57 Å². The minimum atomic E-state index is -0.212. The van der Waals surface area contributed by atoms with Gasteiger partial charge >= 0.3 is 0 Å². The first-order valence-corrected chi connectivity index (χ1v) is 11.8. The molecule has 2 heterocycles. The fourth-order valence-corrected chi connectivity index (χ4v) is 6.65. The van der Waals surface area contributed by atoms with E-state index in [4.69, 9.17) is 0 Å². The molecule has 3 fully saturated rings. The number of aryl methyl sites for hydroxylation is 1. The molecular weight excluding hydrogens is 410 g/mol. The van der Waals surface area contributed by atoms with Gasteiger partial charge in [-0.25, -0.2) is 0 Å². The van der Waals surface area contributed by atoms with Crippen LogP contribution in [0, 0.1) is 42.4 Å². The van der Waals surface area contributed by atoms with Gasteiger partial charge in [-0.3, -0.25) is 9.59 Å². The van der Waals surface area contributed by atoms with Gasteiger partial charge in [-0.1, -0.05) is 54.6 Å². The second-order valence-corrected chi connectivity index (χ2v) is 10.0. The number of hydrogen-bond donors (Lipinski definition) is 0. The van der Waals surface area contributed by atoms with Crippen LogP contribution < -0.4 is 0 Å². The molecule has 0 unspecified atom stereocenters. The van der Waals surface area contributed by atoms with Crippen LogP contribution in [0.2, 0.25) is 0 Å². The third-order valence-electron chi connectivity index (χ3n) is 8.37. The summed E-state index contributed by atoms with van der Waals surface area (Å²) in [6, 6.07) is 16.6. The molecule has 8 rings (SSSR count). The van der Waals surface area contributed by atoms with E-state index in [9.17, 15) is 9.59 Å². The number of aromatic nitrogens is 1. The highest BCUT2D eigenvalue weighted by Gasteiger charge is 2.67. The van der Waals surface area contributed by atoms with Gasteiger partial charge in [0.25, 0.3) is 11.8 Å². The number of amides is 2. The van der Waals surface area contributed by atoms with Crippen LogP contribution in [0.25, 0.3) is 10.9 Å². The van der Waals surface area contributed by atoms with E-state index >= 15 is 0 Å². The van der Waals surface area contributed by atoms with Gasteiger partial charge in [-0.15, -0.1) is 0 Å². The molecule has 164 valence electrons. The van der Waals surface area contributed by atoms with Crippen LogP contribution in [0.15, 0.2) is 72.0 Å². The lowest BCUT2D eigenvalue weighted by atomic mass is 9.63. The summed E-state index contributed by atoms with van der Waals surface area (Å²) in [7, 11) is 0. The lowest BCUT2D eigenvalue weighted by Gasteiger charge is -2.37. The average molecular weight is 436 g/mol. The number of carbonyl (C=O) groups excluding carboxylic acids is 2. The molecule has 1 aromatic heterocycles. The fourth-order valence-electron chi connectivity index (χ4n) is 6.65. The van der Waals surface area contributed by atoms with Crippen LogP contribution in [0.4, 0.5) is 0 Å². The summed E-state index contributed by atoms with van der Waals surface area (Å²) in [6.45, 7) is 2.88. The number of allylic oxidation sites excluding steroid dienone is 2. The molecule has 1 saturated heterocycles. The van der Waals surface area contributed by atoms with Crippen molar-refractivity contribution >= 4 is 28.9 Å². The van der Waals surface area contributed by atoms with Gasteiger partial charge in [0.2, 0.25) is 0 Å². The third-order valence-corrected chi connectivity index (χ3v) is 8.37. The minimum absolute atomic E-state index is 0.116. The minimum Gasteiger partial charge on any atom is -0.342 e. The van der Waals surface area contributed by atoms with Crippen molar-refractivity contribution < 1.29 is 9.59 Å². The fraction of sp³-hybridized carbons (Fsp3) is 0.321. The summed E-state index contributed by atoms with van der Waals surface area (Å²) >= 11 is 0. The van der Waals surface area contributed by atoms with Crippen molar-refractivity contribution in [1.29, 1.82) is 0 Å². The second-order valence-electron chi connectivity index (χ2n) is 10.0. The molecular formula is C28H25N3O2. The largest absolute Gasteiger partial charge is 0.342 e. The molecule has 0 spiro atoms. The number of fused-ring (bicyclic) bond motifs is 1. The van der Waals surface area contributed by atoms with Crippen molar-refractivity contribution in [3.63, 3.8) is 0 Å². The Kier molecular flexibility index (Phi) is 3.90. The Morgan fingerprint density at radius 3 is 2.33 bits per heavy atom. The molecule has 5 heteroatoms. The Balaban J connectivity index is 1.22. The standard InChI is InChI=1S/C28H25N3O2/c1-16-6-2-3-7-17(16)14-30-15-18(19-8-4-5-9-24(19)30)13-29-31-27(32)25-20-10-11-21(23-12-22(20)23)26(25)28(31)33/h2-11,13,15,20-23,25-26H,12,14H2,1H3/b29-13-/t20-,21-,22-,23-,25-,26+/m0/s1. The molecule has 2 saturated carbocycles. The van der Waals surface area contributed by atoms with Crippen molar-refractivity contribution in [2.24, 2.45) is 40.6 Å². The normalized spacial score (nSPS) is 31.6. The number of rotatable bonds is 4. The highest BCUT2D eigenvalue weighted by atomic mass is 16.2. The molecule has 6 atom stereocenters. The average Bonchev–Trinajstić information content (AvgIpc) is 3.54. The van der Waals surface area contributed by atoms with Crippen LogP contribution in [0.3, 0.4) is 0 Å². The number of carbonyl (C=O) groups is 2. The van der Waals surface area contributed by atoms with Crippen LogP contribution in [0.5, 0.6) is 0 Å². The first-order chi connectivity index (χ1) is 16.1. The van der Waals surface area contributed by atoms with Gasteiger partial charge in [0, 0.05) is 29.2 Å². The summed E-state index contributed by atoms with van der Waals surface area (Å²) in [4.78, 5) is 26.5. The molecule has 3 aromatic rings. The smallest absolute Gasteiger partial charge is 0.254 e. The number of benzene rings is 2. The molecule has 5 nitrogen and oxygen atoms in total. The van der Waals surface area contributed by atoms with Crippen molar-refractivity contribution in [2.45, 2.75) is 19.9 Å². The van der Waals surface area contributed by atoms with E-state index in [1.807, 2.05) is 12.1 Å². The predicted octanol–water partition coefficient (Wildman–Crippen LogP) is 4.39. The Morgan fingerprint density at radius 2 is 1.61 bits per heavy atom. The van der Waals surface area contributed by atoms with Gasteiger partial charge in [0.1, 0.15) is 0 Å². The molecule has 0 radical (unpaired) electrons. The first-order valence-electron chi connectivity index (χ1n) is 11.8. The number of hydrogen-bond acceptors (Lipinski definition) is 3. The summed E-state index contributed by atoms with van der Waals surface area (Å²) in [6.07, 6.45) is 9.31. The van der Waals surface area contributed by atoms with E-state index in [0.29, 0.717) is 11.8 Å². The molecule has 33 heavy (non-hydrogen) atoms. The Morgan fingerprint density at radius 1 is 0.939 bits per heavy atom. The van der Waals surface area contributed by atoms with E-state index in [-0.39, 0.29) is 35.5 Å². The molecule has 2 aromatic carbocycles. The highest BCUT2D eigenvalue weighted by Crippen LogP contribution is 2.65. The van der Waals surface area contributed by atoms with Crippen molar-refractivity contribution in [2.75, 3.05) is 0 Å². The number of imide groups is 1. The molecule has 2 amide bonds. The van der Waals surface area contributed by atoms with E-state index in [1.54, 1.807) is 6.21 Å². The summed E-state index contributed by atoms with van der Waals surface area (Å²) in [5.74, 6) is 0.980. The van der Waals surface area contributed by atoms with Crippen molar-refractivity contribution in [1.82, 2.24) is 9.58 Å². The topological polar surface area (TPSA) is 54.7 Å². The monoisotopic (exact) mass is 435 g/mol. The van der Waals surface area contributed by atoms with Gasteiger partial charge in [0.15, 0.2) is 0 Å². The third kappa shape index (κ3) is 2.68. The molecule has 5 aliphatic rings. The Hall–Kier alpha value is -3.47. The summed E-state index contributed by atoms with van der Waals surface area (Å²) in [5, 5.41) is 6.70. The lowest BCUT2D eigenvalue weighted by molar-refractivity contribution is -0.140.